The van der Waals surface area contributed by atoms with Crippen molar-refractivity contribution in [2.75, 3.05) is 12.9 Å². The van der Waals surface area contributed by atoms with Crippen LogP contribution in [0.4, 0.5) is 0 Å². The summed E-state index contributed by atoms with van der Waals surface area (Å²) in [6.45, 7) is 1.78. The van der Waals surface area contributed by atoms with Crippen molar-refractivity contribution < 1.29 is 24.5 Å². The fourth-order valence-electron chi connectivity index (χ4n) is 3.16. The van der Waals surface area contributed by atoms with Gasteiger partial charge in [-0.25, -0.2) is 4.99 Å². The van der Waals surface area contributed by atoms with Crippen LogP contribution in [0.2, 0.25) is 0 Å². The van der Waals surface area contributed by atoms with Gasteiger partial charge in [-0.2, -0.15) is 0 Å². The molecular formula is C19H25N3O5S2. The van der Waals surface area contributed by atoms with Gasteiger partial charge in [0.15, 0.2) is 0 Å². The largest absolute Gasteiger partial charge is 0.394 e. The Bertz CT molecular complexity index is 749. The molecule has 10 heteroatoms. The third-order valence-corrected chi connectivity index (χ3v) is 6.46. The number of aliphatic hydroxyl groups excluding tert-OH is 2. The topological polar surface area (TPSA) is 104 Å². The average molecular weight is 440 g/mol. The Labute approximate surface area is 177 Å². The Morgan fingerprint density at radius 3 is 2.86 bits per heavy atom. The first-order chi connectivity index (χ1) is 14.0. The molecule has 1 amide bonds. The molecule has 1 fully saturated rings. The Balaban J connectivity index is 1.59. The van der Waals surface area contributed by atoms with Crippen LogP contribution >= 0.6 is 21.6 Å². The second kappa shape index (κ2) is 10.5. The fraction of sp³-hybridized carbons (Fsp3) is 0.474. The van der Waals surface area contributed by atoms with E-state index in [9.17, 15) is 15.0 Å². The second-order valence-electron chi connectivity index (χ2n) is 6.50. The van der Waals surface area contributed by atoms with Gasteiger partial charge in [0.2, 0.25) is 6.35 Å². The molecule has 8 nitrogen and oxygen atoms in total. The van der Waals surface area contributed by atoms with Crippen molar-refractivity contribution in [2.24, 2.45) is 4.99 Å². The lowest BCUT2D eigenvalue weighted by atomic mass is 10.2. The van der Waals surface area contributed by atoms with E-state index in [-0.39, 0.29) is 29.9 Å². The van der Waals surface area contributed by atoms with Crippen molar-refractivity contribution in [3.63, 3.8) is 0 Å². The van der Waals surface area contributed by atoms with Crippen molar-refractivity contribution in [1.82, 2.24) is 10.2 Å². The van der Waals surface area contributed by atoms with Crippen LogP contribution in [0.25, 0.3) is 0 Å². The normalized spacial score (nSPS) is 27.6. The van der Waals surface area contributed by atoms with Crippen molar-refractivity contribution >= 4 is 33.3 Å². The zero-order valence-electron chi connectivity index (χ0n) is 16.2. The maximum atomic E-state index is 12.2. The van der Waals surface area contributed by atoms with Gasteiger partial charge in [0, 0.05) is 18.2 Å². The van der Waals surface area contributed by atoms with Crippen LogP contribution in [-0.2, 0) is 9.47 Å². The molecule has 2 aliphatic heterocycles. The first kappa shape index (κ1) is 22.1. The third-order valence-electron chi connectivity index (χ3n) is 4.49. The van der Waals surface area contributed by atoms with Crippen molar-refractivity contribution in [3.05, 3.63) is 48.2 Å². The number of nitrogens with one attached hydrogen (secondary N) is 1. The lowest BCUT2D eigenvalue weighted by molar-refractivity contribution is -0.113. The summed E-state index contributed by atoms with van der Waals surface area (Å²) in [6, 6.07) is 8.77. The summed E-state index contributed by atoms with van der Waals surface area (Å²) < 4.78 is 11.8. The van der Waals surface area contributed by atoms with Gasteiger partial charge in [0.25, 0.3) is 5.91 Å². The molecule has 2 aliphatic rings. The number of amides is 1. The minimum Gasteiger partial charge on any atom is -0.394 e. The number of rotatable bonds is 7. The first-order valence-corrected chi connectivity index (χ1v) is 11.8. The number of carbonyl (C=O) groups excluding carboxylic acids is 1. The highest BCUT2D eigenvalue weighted by molar-refractivity contribution is 8.76. The van der Waals surface area contributed by atoms with Crippen LogP contribution in [0.3, 0.4) is 0 Å². The SMILES string of the molecule is CSS[C@@H](C)OC1C[C@H](N2C=CC(NC(=O)c3ccccc3)=NC2O)O[C@@H]1CO. The van der Waals surface area contributed by atoms with Gasteiger partial charge in [-0.1, -0.05) is 39.8 Å². The van der Waals surface area contributed by atoms with Crippen LogP contribution in [0.15, 0.2) is 47.6 Å². The summed E-state index contributed by atoms with van der Waals surface area (Å²) in [7, 11) is 3.20. The van der Waals surface area contributed by atoms with Crippen molar-refractivity contribution in [3.8, 4) is 0 Å². The number of nitrogens with zero attached hydrogens (tertiary/aromatic N) is 2. The molecule has 0 aliphatic carbocycles. The number of amidine groups is 1. The number of carbonyl (C=O) groups is 1. The number of benzene rings is 1. The fourth-order valence-corrected chi connectivity index (χ4v) is 4.57. The standard InChI is InChI=1S/C19H25N3O5S2/c1-12(29-28-2)26-14-10-17(27-15(14)11-23)22-9-8-16(21-19(22)25)20-18(24)13-6-4-3-5-7-13/h3-9,12,14-15,17,19,23,25H,10-11H2,1-2H3,(H,20,21,24)/t12-,14?,15+,17+,19?/m0/s1. The van der Waals surface area contributed by atoms with E-state index in [1.54, 1.807) is 58.1 Å². The Hall–Kier alpha value is -1.56. The Morgan fingerprint density at radius 2 is 2.21 bits per heavy atom. The van der Waals surface area contributed by atoms with Gasteiger partial charge >= 0.3 is 0 Å². The molecule has 0 radical (unpaired) electrons. The van der Waals surface area contributed by atoms with Crippen LogP contribution in [0, 0.1) is 0 Å². The molecule has 5 atom stereocenters. The molecule has 0 bridgehead atoms. The molecule has 0 spiro atoms. The van der Waals surface area contributed by atoms with E-state index in [1.165, 1.54) is 4.90 Å². The van der Waals surface area contributed by atoms with E-state index in [0.717, 1.165) is 0 Å². The highest BCUT2D eigenvalue weighted by Crippen LogP contribution is 2.32. The first-order valence-electron chi connectivity index (χ1n) is 9.21. The van der Waals surface area contributed by atoms with Crippen molar-refractivity contribution in [1.29, 1.82) is 0 Å². The van der Waals surface area contributed by atoms with Crippen LogP contribution in [0.5, 0.6) is 0 Å². The number of aliphatic hydroxyl groups is 2. The Kier molecular flexibility index (Phi) is 7.99. The third kappa shape index (κ3) is 5.74. The Morgan fingerprint density at radius 1 is 1.45 bits per heavy atom. The second-order valence-corrected chi connectivity index (χ2v) is 9.26. The van der Waals surface area contributed by atoms with Gasteiger partial charge < -0.3 is 29.9 Å². The zero-order valence-corrected chi connectivity index (χ0v) is 17.8. The quantitative estimate of drug-likeness (QED) is 0.436. The molecule has 2 heterocycles. The molecule has 29 heavy (non-hydrogen) atoms. The van der Waals surface area contributed by atoms with E-state index >= 15 is 0 Å². The van der Waals surface area contributed by atoms with Gasteiger partial charge in [-0.05, 0) is 31.4 Å². The number of aliphatic imine (C=N–C) groups is 1. The van der Waals surface area contributed by atoms with E-state index in [4.69, 9.17) is 9.47 Å². The molecule has 1 saturated heterocycles. The molecule has 158 valence electrons. The van der Waals surface area contributed by atoms with E-state index in [1.807, 2.05) is 19.2 Å². The smallest absolute Gasteiger partial charge is 0.256 e. The molecule has 0 saturated carbocycles. The predicted molar refractivity (Wildman–Crippen MR) is 114 cm³/mol. The number of hydrogen-bond acceptors (Lipinski definition) is 9. The van der Waals surface area contributed by atoms with Crippen LogP contribution in [0.1, 0.15) is 23.7 Å². The summed E-state index contributed by atoms with van der Waals surface area (Å²) in [5.74, 6) is -0.0436. The van der Waals surface area contributed by atoms with E-state index in [2.05, 4.69) is 10.3 Å². The lowest BCUT2D eigenvalue weighted by Gasteiger charge is -2.31. The predicted octanol–water partition coefficient (Wildman–Crippen LogP) is 1.77. The zero-order chi connectivity index (χ0) is 20.8. The van der Waals surface area contributed by atoms with E-state index < -0.39 is 18.7 Å². The monoisotopic (exact) mass is 439 g/mol. The maximum Gasteiger partial charge on any atom is 0.256 e. The molecule has 0 aromatic heterocycles. The molecule has 3 N–H and O–H groups in total. The summed E-state index contributed by atoms with van der Waals surface area (Å²) in [4.78, 5) is 17.9. The van der Waals surface area contributed by atoms with E-state index in [0.29, 0.717) is 12.0 Å². The molecule has 1 aromatic rings. The summed E-state index contributed by atoms with van der Waals surface area (Å²) >= 11 is 0. The number of ether oxygens (including phenoxy) is 2. The molecule has 2 unspecified atom stereocenters. The highest BCUT2D eigenvalue weighted by Gasteiger charge is 2.41. The van der Waals surface area contributed by atoms with Gasteiger partial charge in [0.1, 0.15) is 23.6 Å². The summed E-state index contributed by atoms with van der Waals surface area (Å²) in [5, 5.41) is 22.7. The molecule has 3 rings (SSSR count). The van der Waals surface area contributed by atoms with Gasteiger partial charge in [-0.3, -0.25) is 4.79 Å². The van der Waals surface area contributed by atoms with Gasteiger partial charge in [0.05, 0.1) is 12.7 Å². The van der Waals surface area contributed by atoms with Gasteiger partial charge in [-0.15, -0.1) is 0 Å². The maximum absolute atomic E-state index is 12.2. The van der Waals surface area contributed by atoms with Crippen molar-refractivity contribution in [2.45, 2.75) is 43.6 Å². The molecule has 1 aromatic carbocycles. The lowest BCUT2D eigenvalue weighted by Crippen LogP contribution is -2.43. The van der Waals surface area contributed by atoms with Crippen LogP contribution < -0.4 is 5.32 Å². The average Bonchev–Trinajstić information content (AvgIpc) is 3.11. The number of hydrogen-bond donors (Lipinski definition) is 3. The summed E-state index contributed by atoms with van der Waals surface area (Å²) in [6.07, 6.45) is 3.20. The van der Waals surface area contributed by atoms with Crippen LogP contribution in [-0.4, -0.2) is 69.9 Å². The molecular weight excluding hydrogens is 414 g/mol. The summed E-state index contributed by atoms with van der Waals surface area (Å²) in [5.41, 5.74) is 0.452. The highest BCUT2D eigenvalue weighted by atomic mass is 33.1. The minimum atomic E-state index is -1.22. The minimum absolute atomic E-state index is 0.0500.